The van der Waals surface area contributed by atoms with Gasteiger partial charge in [-0.1, -0.05) is 6.92 Å². The molecule has 0 aromatic heterocycles. The van der Waals surface area contributed by atoms with E-state index in [4.69, 9.17) is 4.74 Å². The van der Waals surface area contributed by atoms with Crippen LogP contribution in [0.15, 0.2) is 0 Å². The van der Waals surface area contributed by atoms with Crippen molar-refractivity contribution in [2.24, 2.45) is 5.41 Å². The number of aliphatic hydroxyl groups excluding tert-OH is 1. The summed E-state index contributed by atoms with van der Waals surface area (Å²) in [5.41, 5.74) is 0.162. The molecule has 1 heterocycles. The molecule has 0 unspecified atom stereocenters. The zero-order chi connectivity index (χ0) is 12.9. The number of nitrogens with zero attached hydrogens (tertiary/aromatic N) is 1. The fraction of sp³-hybridized carbons (Fsp3) is 1.00. The Hall–Kier alpha value is -0.120. The van der Waals surface area contributed by atoms with Crippen LogP contribution in [0.5, 0.6) is 0 Å². The van der Waals surface area contributed by atoms with E-state index < -0.39 is 0 Å². The van der Waals surface area contributed by atoms with E-state index in [1.165, 1.54) is 0 Å². The molecule has 17 heavy (non-hydrogen) atoms. The first-order chi connectivity index (χ1) is 7.91. The molecule has 0 bridgehead atoms. The molecule has 1 rings (SSSR count). The molecule has 0 aromatic rings. The number of piperidine rings is 1. The average Bonchev–Trinajstić information content (AvgIpc) is 2.29. The normalized spacial score (nSPS) is 21.7. The van der Waals surface area contributed by atoms with E-state index in [1.807, 2.05) is 0 Å². The predicted octanol–water partition coefficient (Wildman–Crippen LogP) is 2.29. The van der Waals surface area contributed by atoms with Crippen molar-refractivity contribution in [1.29, 1.82) is 0 Å². The van der Waals surface area contributed by atoms with Crippen LogP contribution in [0, 0.1) is 5.41 Å². The maximum atomic E-state index is 9.47. The van der Waals surface area contributed by atoms with Crippen LogP contribution in [0.3, 0.4) is 0 Å². The minimum atomic E-state index is -0.0337. The Labute approximate surface area is 106 Å². The molecule has 0 saturated carbocycles. The first-order valence-corrected chi connectivity index (χ1v) is 6.88. The Morgan fingerprint density at radius 1 is 1.24 bits per heavy atom. The van der Waals surface area contributed by atoms with E-state index >= 15 is 0 Å². The zero-order valence-electron chi connectivity index (χ0n) is 12.0. The third kappa shape index (κ3) is 4.94. The highest BCUT2D eigenvalue weighted by molar-refractivity contribution is 4.84. The maximum absolute atomic E-state index is 9.47. The van der Waals surface area contributed by atoms with Crippen LogP contribution in [0.4, 0.5) is 0 Å². The Balaban J connectivity index is 2.23. The molecule has 102 valence electrons. The monoisotopic (exact) mass is 243 g/mol. The van der Waals surface area contributed by atoms with Crippen molar-refractivity contribution in [3.8, 4) is 0 Å². The molecule has 3 heteroatoms. The lowest BCUT2D eigenvalue weighted by Crippen LogP contribution is -2.43. The van der Waals surface area contributed by atoms with Gasteiger partial charge in [-0.15, -0.1) is 0 Å². The van der Waals surface area contributed by atoms with Crippen molar-refractivity contribution in [3.05, 3.63) is 0 Å². The van der Waals surface area contributed by atoms with Gasteiger partial charge in [0.05, 0.1) is 12.2 Å². The minimum absolute atomic E-state index is 0.0337. The van der Waals surface area contributed by atoms with Gasteiger partial charge >= 0.3 is 0 Å². The SMILES string of the molecule is CCC1(CO)CCN(CCOC(C)(C)C)CC1. The molecular formula is C14H29NO2. The molecule has 0 aliphatic carbocycles. The van der Waals surface area contributed by atoms with Crippen LogP contribution in [0.2, 0.25) is 0 Å². The van der Waals surface area contributed by atoms with Gasteiger partial charge in [-0.25, -0.2) is 0 Å². The minimum Gasteiger partial charge on any atom is -0.396 e. The lowest BCUT2D eigenvalue weighted by Gasteiger charge is -2.40. The second-order valence-electron chi connectivity index (χ2n) is 6.31. The van der Waals surface area contributed by atoms with E-state index in [-0.39, 0.29) is 11.0 Å². The molecule has 0 atom stereocenters. The van der Waals surface area contributed by atoms with Gasteiger partial charge in [-0.2, -0.15) is 0 Å². The molecule has 1 N–H and O–H groups in total. The van der Waals surface area contributed by atoms with Crippen LogP contribution in [-0.4, -0.2) is 48.5 Å². The van der Waals surface area contributed by atoms with E-state index in [9.17, 15) is 5.11 Å². The summed E-state index contributed by atoms with van der Waals surface area (Å²) in [4.78, 5) is 2.45. The Morgan fingerprint density at radius 3 is 2.24 bits per heavy atom. The van der Waals surface area contributed by atoms with Gasteiger partial charge in [-0.05, 0) is 58.5 Å². The smallest absolute Gasteiger partial charge is 0.0600 e. The second kappa shape index (κ2) is 6.17. The molecule has 0 amide bonds. The van der Waals surface area contributed by atoms with E-state index in [1.54, 1.807) is 0 Å². The topological polar surface area (TPSA) is 32.7 Å². The number of ether oxygens (including phenoxy) is 1. The largest absolute Gasteiger partial charge is 0.396 e. The summed E-state index contributed by atoms with van der Waals surface area (Å²) in [6.45, 7) is 12.8. The van der Waals surface area contributed by atoms with Crippen molar-refractivity contribution < 1.29 is 9.84 Å². The average molecular weight is 243 g/mol. The van der Waals surface area contributed by atoms with Crippen LogP contribution >= 0.6 is 0 Å². The highest BCUT2D eigenvalue weighted by Crippen LogP contribution is 2.33. The van der Waals surface area contributed by atoms with Gasteiger partial charge in [0.2, 0.25) is 0 Å². The van der Waals surface area contributed by atoms with Gasteiger partial charge in [-0.3, -0.25) is 0 Å². The lowest BCUT2D eigenvalue weighted by atomic mass is 9.77. The molecule has 1 aliphatic heterocycles. The van der Waals surface area contributed by atoms with Gasteiger partial charge in [0, 0.05) is 13.2 Å². The van der Waals surface area contributed by atoms with Crippen LogP contribution in [-0.2, 0) is 4.74 Å². The van der Waals surface area contributed by atoms with Crippen molar-refractivity contribution in [1.82, 2.24) is 4.90 Å². The van der Waals surface area contributed by atoms with E-state index in [0.717, 1.165) is 45.5 Å². The number of hydrogen-bond acceptors (Lipinski definition) is 3. The van der Waals surface area contributed by atoms with Crippen LogP contribution < -0.4 is 0 Å². The third-order valence-corrected chi connectivity index (χ3v) is 3.94. The standard InChI is InChI=1S/C14H29NO2/c1-5-14(12-16)6-8-15(9-7-14)10-11-17-13(2,3)4/h16H,5-12H2,1-4H3. The molecular weight excluding hydrogens is 214 g/mol. The molecule has 1 aliphatic rings. The van der Waals surface area contributed by atoms with Crippen LogP contribution in [0.25, 0.3) is 0 Å². The summed E-state index contributed by atoms with van der Waals surface area (Å²) in [6.07, 6.45) is 3.33. The van der Waals surface area contributed by atoms with Crippen molar-refractivity contribution >= 4 is 0 Å². The first kappa shape index (κ1) is 14.9. The fourth-order valence-electron chi connectivity index (χ4n) is 2.36. The second-order valence-corrected chi connectivity index (χ2v) is 6.31. The number of likely N-dealkylation sites (tertiary alicyclic amines) is 1. The highest BCUT2D eigenvalue weighted by Gasteiger charge is 2.32. The maximum Gasteiger partial charge on any atom is 0.0600 e. The molecule has 0 spiro atoms. The van der Waals surface area contributed by atoms with E-state index in [0.29, 0.717) is 6.61 Å². The molecule has 1 saturated heterocycles. The summed E-state index contributed by atoms with van der Waals surface area (Å²) in [6, 6.07) is 0. The van der Waals surface area contributed by atoms with Gasteiger partial charge in [0.1, 0.15) is 0 Å². The number of aliphatic hydroxyl groups is 1. The summed E-state index contributed by atoms with van der Waals surface area (Å²) >= 11 is 0. The summed E-state index contributed by atoms with van der Waals surface area (Å²) in [5.74, 6) is 0. The fourth-order valence-corrected chi connectivity index (χ4v) is 2.36. The van der Waals surface area contributed by atoms with Crippen LogP contribution in [0.1, 0.15) is 47.0 Å². The van der Waals surface area contributed by atoms with Gasteiger partial charge in [0.15, 0.2) is 0 Å². The molecule has 0 aromatic carbocycles. The summed E-state index contributed by atoms with van der Waals surface area (Å²) < 4.78 is 5.75. The van der Waals surface area contributed by atoms with Crippen molar-refractivity contribution in [2.75, 3.05) is 32.8 Å². The number of rotatable bonds is 5. The molecule has 3 nitrogen and oxygen atoms in total. The Morgan fingerprint density at radius 2 is 1.82 bits per heavy atom. The Kier molecular flexibility index (Phi) is 5.42. The van der Waals surface area contributed by atoms with Gasteiger partial charge in [0.25, 0.3) is 0 Å². The third-order valence-electron chi connectivity index (χ3n) is 3.94. The summed E-state index contributed by atoms with van der Waals surface area (Å²) in [5, 5.41) is 9.47. The lowest BCUT2D eigenvalue weighted by molar-refractivity contribution is -0.0246. The molecule has 0 radical (unpaired) electrons. The predicted molar refractivity (Wildman–Crippen MR) is 71.2 cm³/mol. The summed E-state index contributed by atoms with van der Waals surface area (Å²) in [7, 11) is 0. The van der Waals surface area contributed by atoms with Crippen molar-refractivity contribution in [2.45, 2.75) is 52.6 Å². The van der Waals surface area contributed by atoms with Gasteiger partial charge < -0.3 is 14.7 Å². The first-order valence-electron chi connectivity index (χ1n) is 6.88. The molecule has 1 fully saturated rings. The Bertz CT molecular complexity index is 209. The van der Waals surface area contributed by atoms with Crippen molar-refractivity contribution in [3.63, 3.8) is 0 Å². The van der Waals surface area contributed by atoms with E-state index in [2.05, 4.69) is 32.6 Å². The highest BCUT2D eigenvalue weighted by atomic mass is 16.5. The number of hydrogen-bond donors (Lipinski definition) is 1. The quantitative estimate of drug-likeness (QED) is 0.804. The zero-order valence-corrected chi connectivity index (χ0v) is 12.0.